The molecular weight excluding hydrogens is 320 g/mol. The first-order valence-corrected chi connectivity index (χ1v) is 9.88. The lowest BCUT2D eigenvalue weighted by Crippen LogP contribution is -2.63. The Bertz CT molecular complexity index is 692. The molecule has 136 valence electrons. The van der Waals surface area contributed by atoms with Crippen LogP contribution in [0.25, 0.3) is 0 Å². The third kappa shape index (κ3) is 2.84. The average Bonchev–Trinajstić information content (AvgIpc) is 2.66. The SMILES string of the molecule is NC(=O)C(c1ccccc1)(c1ccccc1)C1CN(C2CCCCC2)C1. The second-order valence-electron chi connectivity index (χ2n) is 7.85. The third-order valence-electron chi connectivity index (χ3n) is 6.46. The van der Waals surface area contributed by atoms with Crippen LogP contribution < -0.4 is 5.73 Å². The summed E-state index contributed by atoms with van der Waals surface area (Å²) in [6, 6.07) is 20.9. The van der Waals surface area contributed by atoms with Crippen LogP contribution in [0.5, 0.6) is 0 Å². The number of likely N-dealkylation sites (tertiary alicyclic amines) is 1. The molecule has 2 aromatic rings. The highest BCUT2D eigenvalue weighted by molar-refractivity contribution is 5.91. The lowest BCUT2D eigenvalue weighted by atomic mass is 9.62. The zero-order chi connectivity index (χ0) is 18.0. The molecule has 0 aromatic heterocycles. The van der Waals surface area contributed by atoms with Gasteiger partial charge in [0.15, 0.2) is 0 Å². The average molecular weight is 348 g/mol. The number of nitrogens with two attached hydrogens (primary N) is 1. The van der Waals surface area contributed by atoms with E-state index in [1.165, 1.54) is 32.1 Å². The van der Waals surface area contributed by atoms with Crippen molar-refractivity contribution in [1.82, 2.24) is 4.90 Å². The Morgan fingerprint density at radius 3 is 1.81 bits per heavy atom. The Hall–Kier alpha value is -2.13. The number of benzene rings is 2. The van der Waals surface area contributed by atoms with Crippen LogP contribution in [0, 0.1) is 5.92 Å². The molecule has 0 bridgehead atoms. The van der Waals surface area contributed by atoms with E-state index in [-0.39, 0.29) is 11.8 Å². The van der Waals surface area contributed by atoms with Gasteiger partial charge in [-0.3, -0.25) is 9.69 Å². The van der Waals surface area contributed by atoms with E-state index in [4.69, 9.17) is 5.73 Å². The van der Waals surface area contributed by atoms with Crippen LogP contribution in [0.2, 0.25) is 0 Å². The van der Waals surface area contributed by atoms with E-state index in [0.717, 1.165) is 24.2 Å². The van der Waals surface area contributed by atoms with E-state index >= 15 is 0 Å². The van der Waals surface area contributed by atoms with Crippen molar-refractivity contribution in [2.45, 2.75) is 43.6 Å². The number of nitrogens with zero attached hydrogens (tertiary/aromatic N) is 1. The van der Waals surface area contributed by atoms with Gasteiger partial charge in [0.25, 0.3) is 0 Å². The van der Waals surface area contributed by atoms with Crippen molar-refractivity contribution in [3.63, 3.8) is 0 Å². The van der Waals surface area contributed by atoms with E-state index < -0.39 is 5.41 Å². The summed E-state index contributed by atoms with van der Waals surface area (Å²) in [6.45, 7) is 1.91. The van der Waals surface area contributed by atoms with E-state index in [1.807, 2.05) is 36.4 Å². The fraction of sp³-hybridized carbons (Fsp3) is 0.435. The number of hydrogen-bond acceptors (Lipinski definition) is 2. The summed E-state index contributed by atoms with van der Waals surface area (Å²) in [6.07, 6.45) is 6.64. The minimum atomic E-state index is -0.742. The highest BCUT2D eigenvalue weighted by atomic mass is 16.1. The van der Waals surface area contributed by atoms with E-state index in [0.29, 0.717) is 6.04 Å². The number of carbonyl (C=O) groups excluding carboxylic acids is 1. The number of primary amides is 1. The molecular formula is C23H28N2O. The molecule has 1 aliphatic carbocycles. The molecule has 1 saturated carbocycles. The minimum Gasteiger partial charge on any atom is -0.369 e. The second kappa shape index (κ2) is 7.24. The van der Waals surface area contributed by atoms with Gasteiger partial charge >= 0.3 is 0 Å². The van der Waals surface area contributed by atoms with Gasteiger partial charge in [-0.05, 0) is 24.0 Å². The lowest BCUT2D eigenvalue weighted by molar-refractivity contribution is -0.127. The highest BCUT2D eigenvalue weighted by Crippen LogP contribution is 2.45. The van der Waals surface area contributed by atoms with Crippen molar-refractivity contribution >= 4 is 5.91 Å². The van der Waals surface area contributed by atoms with E-state index in [9.17, 15) is 4.79 Å². The Morgan fingerprint density at radius 2 is 1.35 bits per heavy atom. The van der Waals surface area contributed by atoms with Crippen molar-refractivity contribution in [2.24, 2.45) is 11.7 Å². The number of amides is 1. The summed E-state index contributed by atoms with van der Waals surface area (Å²) in [4.78, 5) is 15.5. The van der Waals surface area contributed by atoms with Crippen molar-refractivity contribution in [3.8, 4) is 0 Å². The van der Waals surface area contributed by atoms with Crippen LogP contribution in [0.15, 0.2) is 60.7 Å². The number of rotatable bonds is 5. The van der Waals surface area contributed by atoms with Crippen molar-refractivity contribution in [3.05, 3.63) is 71.8 Å². The van der Waals surface area contributed by atoms with Gasteiger partial charge in [0.2, 0.25) is 5.91 Å². The molecule has 4 rings (SSSR count). The first-order valence-electron chi connectivity index (χ1n) is 9.88. The maximum atomic E-state index is 12.9. The van der Waals surface area contributed by atoms with Gasteiger partial charge in [-0.15, -0.1) is 0 Å². The van der Waals surface area contributed by atoms with Gasteiger partial charge in [-0.1, -0.05) is 79.9 Å². The molecule has 0 unspecified atom stereocenters. The molecule has 0 spiro atoms. The Kier molecular flexibility index (Phi) is 4.82. The maximum absolute atomic E-state index is 12.9. The van der Waals surface area contributed by atoms with Crippen LogP contribution in [0.3, 0.4) is 0 Å². The molecule has 1 amide bonds. The molecule has 2 fully saturated rings. The topological polar surface area (TPSA) is 46.3 Å². The van der Waals surface area contributed by atoms with Gasteiger partial charge in [0.1, 0.15) is 5.41 Å². The predicted octanol–water partition coefficient (Wildman–Crippen LogP) is 3.72. The Morgan fingerprint density at radius 1 is 0.846 bits per heavy atom. The highest BCUT2D eigenvalue weighted by Gasteiger charge is 2.52. The number of carbonyl (C=O) groups is 1. The molecule has 1 saturated heterocycles. The van der Waals surface area contributed by atoms with E-state index in [1.54, 1.807) is 0 Å². The standard InChI is InChI=1S/C23H28N2O/c24-22(26)23(18-10-4-1-5-11-18,19-12-6-2-7-13-19)20-16-25(17-20)21-14-8-3-9-15-21/h1-2,4-7,10-13,20-21H,3,8-9,14-17H2,(H2,24,26). The summed E-state index contributed by atoms with van der Waals surface area (Å²) >= 11 is 0. The predicted molar refractivity (Wildman–Crippen MR) is 105 cm³/mol. The second-order valence-corrected chi connectivity index (χ2v) is 7.85. The van der Waals surface area contributed by atoms with Crippen molar-refractivity contribution in [2.75, 3.05) is 13.1 Å². The zero-order valence-electron chi connectivity index (χ0n) is 15.3. The summed E-state index contributed by atoms with van der Waals surface area (Å²) in [5.41, 5.74) is 7.41. The molecule has 0 atom stereocenters. The first kappa shape index (κ1) is 17.3. The largest absolute Gasteiger partial charge is 0.369 e. The summed E-state index contributed by atoms with van der Waals surface area (Å²) in [5, 5.41) is 0. The molecule has 1 aliphatic heterocycles. The van der Waals surface area contributed by atoms with E-state index in [2.05, 4.69) is 29.2 Å². The van der Waals surface area contributed by atoms with Gasteiger partial charge in [-0.2, -0.15) is 0 Å². The molecule has 1 heterocycles. The normalized spacial score (nSPS) is 19.8. The molecule has 3 nitrogen and oxygen atoms in total. The van der Waals surface area contributed by atoms with Crippen LogP contribution in [-0.4, -0.2) is 29.9 Å². The summed E-state index contributed by atoms with van der Waals surface area (Å²) in [7, 11) is 0. The molecule has 2 N–H and O–H groups in total. The van der Waals surface area contributed by atoms with Crippen LogP contribution in [-0.2, 0) is 10.2 Å². The Labute approximate surface area is 156 Å². The molecule has 2 aliphatic rings. The van der Waals surface area contributed by atoms with Gasteiger partial charge in [0, 0.05) is 25.0 Å². The van der Waals surface area contributed by atoms with Crippen molar-refractivity contribution < 1.29 is 4.79 Å². The lowest BCUT2D eigenvalue weighted by Gasteiger charge is -2.53. The molecule has 3 heteroatoms. The molecule has 26 heavy (non-hydrogen) atoms. The smallest absolute Gasteiger partial charge is 0.232 e. The molecule has 2 aromatic carbocycles. The Balaban J connectivity index is 1.69. The van der Waals surface area contributed by atoms with Crippen LogP contribution in [0.4, 0.5) is 0 Å². The quantitative estimate of drug-likeness (QED) is 0.895. The molecule has 0 radical (unpaired) electrons. The van der Waals surface area contributed by atoms with Gasteiger partial charge < -0.3 is 5.73 Å². The summed E-state index contributed by atoms with van der Waals surface area (Å²) < 4.78 is 0. The maximum Gasteiger partial charge on any atom is 0.232 e. The third-order valence-corrected chi connectivity index (χ3v) is 6.46. The van der Waals surface area contributed by atoms with Gasteiger partial charge in [0.05, 0.1) is 0 Å². The fourth-order valence-electron chi connectivity index (χ4n) is 5.06. The monoisotopic (exact) mass is 348 g/mol. The van der Waals surface area contributed by atoms with Crippen LogP contribution >= 0.6 is 0 Å². The number of hydrogen-bond donors (Lipinski definition) is 1. The first-order chi connectivity index (χ1) is 12.7. The minimum absolute atomic E-state index is 0.228. The summed E-state index contributed by atoms with van der Waals surface area (Å²) in [5.74, 6) is -0.00470. The zero-order valence-corrected chi connectivity index (χ0v) is 15.3. The van der Waals surface area contributed by atoms with Crippen LogP contribution in [0.1, 0.15) is 43.2 Å². The van der Waals surface area contributed by atoms with Crippen molar-refractivity contribution in [1.29, 1.82) is 0 Å². The fourth-order valence-corrected chi connectivity index (χ4v) is 5.06. The van der Waals surface area contributed by atoms with Gasteiger partial charge in [-0.25, -0.2) is 0 Å².